The second kappa shape index (κ2) is 3.24. The SMILES string of the molecule is C=C(C)C1(C)CC(C)CCC1C. The maximum atomic E-state index is 4.14. The van der Waals surface area contributed by atoms with Crippen LogP contribution in [0.4, 0.5) is 0 Å². The molecule has 0 spiro atoms. The second-order valence-corrected chi connectivity index (χ2v) is 4.99. The quantitative estimate of drug-likeness (QED) is 0.516. The molecule has 1 fully saturated rings. The van der Waals surface area contributed by atoms with Crippen LogP contribution < -0.4 is 0 Å². The van der Waals surface area contributed by atoms with Crippen molar-refractivity contribution in [1.29, 1.82) is 0 Å². The first-order chi connectivity index (χ1) is 5.47. The Morgan fingerprint density at radius 1 is 1.33 bits per heavy atom. The summed E-state index contributed by atoms with van der Waals surface area (Å²) in [7, 11) is 0. The molecule has 1 aliphatic carbocycles. The zero-order chi connectivity index (χ0) is 9.35. The first-order valence-electron chi connectivity index (χ1n) is 5.13. The molecule has 12 heavy (non-hydrogen) atoms. The Kier molecular flexibility index (Phi) is 2.65. The lowest BCUT2D eigenvalue weighted by atomic mass is 9.62. The van der Waals surface area contributed by atoms with Crippen LogP contribution in [-0.2, 0) is 0 Å². The van der Waals surface area contributed by atoms with E-state index in [-0.39, 0.29) is 0 Å². The molecule has 1 rings (SSSR count). The highest BCUT2D eigenvalue weighted by molar-refractivity contribution is 5.09. The van der Waals surface area contributed by atoms with Gasteiger partial charge in [-0.25, -0.2) is 0 Å². The Balaban J connectivity index is 2.77. The van der Waals surface area contributed by atoms with Gasteiger partial charge in [-0.1, -0.05) is 39.3 Å². The van der Waals surface area contributed by atoms with Gasteiger partial charge in [0.2, 0.25) is 0 Å². The van der Waals surface area contributed by atoms with Gasteiger partial charge >= 0.3 is 0 Å². The van der Waals surface area contributed by atoms with E-state index >= 15 is 0 Å². The molecule has 0 aliphatic heterocycles. The van der Waals surface area contributed by atoms with Crippen molar-refractivity contribution in [3.63, 3.8) is 0 Å². The molecular formula is C12H22. The maximum absolute atomic E-state index is 4.14. The predicted molar refractivity (Wildman–Crippen MR) is 55.1 cm³/mol. The minimum Gasteiger partial charge on any atom is -0.0996 e. The van der Waals surface area contributed by atoms with Gasteiger partial charge in [0.1, 0.15) is 0 Å². The summed E-state index contributed by atoms with van der Waals surface area (Å²) in [5, 5.41) is 0. The van der Waals surface area contributed by atoms with Crippen LogP contribution in [0.1, 0.15) is 47.0 Å². The number of hydrogen-bond donors (Lipinski definition) is 0. The summed E-state index contributed by atoms with van der Waals surface area (Å²) in [6.45, 7) is 13.5. The van der Waals surface area contributed by atoms with E-state index in [1.54, 1.807) is 0 Å². The van der Waals surface area contributed by atoms with Crippen molar-refractivity contribution in [3.05, 3.63) is 12.2 Å². The van der Waals surface area contributed by atoms with Crippen LogP contribution >= 0.6 is 0 Å². The summed E-state index contributed by atoms with van der Waals surface area (Å²) in [6.07, 6.45) is 4.12. The molecule has 3 atom stereocenters. The smallest absolute Gasteiger partial charge is 0.00937 e. The molecule has 0 bridgehead atoms. The molecule has 1 saturated carbocycles. The van der Waals surface area contributed by atoms with E-state index in [2.05, 4.69) is 34.3 Å². The van der Waals surface area contributed by atoms with Crippen LogP contribution in [0.25, 0.3) is 0 Å². The van der Waals surface area contributed by atoms with E-state index in [0.717, 1.165) is 11.8 Å². The Morgan fingerprint density at radius 3 is 2.33 bits per heavy atom. The van der Waals surface area contributed by atoms with Gasteiger partial charge in [0.15, 0.2) is 0 Å². The summed E-state index contributed by atoms with van der Waals surface area (Å²) in [6, 6.07) is 0. The van der Waals surface area contributed by atoms with Crippen LogP contribution in [0.3, 0.4) is 0 Å². The van der Waals surface area contributed by atoms with Crippen LogP contribution in [-0.4, -0.2) is 0 Å². The summed E-state index contributed by atoms with van der Waals surface area (Å²) >= 11 is 0. The third kappa shape index (κ3) is 1.57. The van der Waals surface area contributed by atoms with Crippen LogP contribution in [0.5, 0.6) is 0 Å². The van der Waals surface area contributed by atoms with E-state index in [4.69, 9.17) is 0 Å². The van der Waals surface area contributed by atoms with Crippen molar-refractivity contribution < 1.29 is 0 Å². The molecule has 70 valence electrons. The molecule has 0 aromatic heterocycles. The van der Waals surface area contributed by atoms with Gasteiger partial charge in [0.25, 0.3) is 0 Å². The van der Waals surface area contributed by atoms with Gasteiger partial charge in [0, 0.05) is 0 Å². The van der Waals surface area contributed by atoms with E-state index in [0.29, 0.717) is 5.41 Å². The third-order valence-corrected chi connectivity index (χ3v) is 3.93. The maximum Gasteiger partial charge on any atom is -0.00937 e. The molecule has 0 saturated heterocycles. The summed E-state index contributed by atoms with van der Waals surface area (Å²) in [5.41, 5.74) is 1.79. The highest BCUT2D eigenvalue weighted by Crippen LogP contribution is 2.47. The van der Waals surface area contributed by atoms with Crippen molar-refractivity contribution in [2.45, 2.75) is 47.0 Å². The molecule has 0 amide bonds. The Bertz CT molecular complexity index is 180. The summed E-state index contributed by atoms with van der Waals surface area (Å²) < 4.78 is 0. The zero-order valence-electron chi connectivity index (χ0n) is 8.98. The minimum absolute atomic E-state index is 0.414. The van der Waals surface area contributed by atoms with E-state index in [9.17, 15) is 0 Å². The largest absolute Gasteiger partial charge is 0.0996 e. The molecule has 0 heterocycles. The normalized spacial score (nSPS) is 42.7. The van der Waals surface area contributed by atoms with E-state index in [1.807, 2.05) is 0 Å². The highest BCUT2D eigenvalue weighted by Gasteiger charge is 2.36. The van der Waals surface area contributed by atoms with Crippen molar-refractivity contribution in [3.8, 4) is 0 Å². The number of allylic oxidation sites excluding steroid dienone is 1. The number of rotatable bonds is 1. The van der Waals surface area contributed by atoms with Gasteiger partial charge in [-0.3, -0.25) is 0 Å². The Morgan fingerprint density at radius 2 is 1.92 bits per heavy atom. The fraction of sp³-hybridized carbons (Fsp3) is 0.833. The molecule has 3 unspecified atom stereocenters. The zero-order valence-corrected chi connectivity index (χ0v) is 8.98. The van der Waals surface area contributed by atoms with Crippen molar-refractivity contribution in [2.24, 2.45) is 17.3 Å². The van der Waals surface area contributed by atoms with Crippen LogP contribution in [0.2, 0.25) is 0 Å². The third-order valence-electron chi connectivity index (χ3n) is 3.93. The van der Waals surface area contributed by atoms with Crippen molar-refractivity contribution in [2.75, 3.05) is 0 Å². The van der Waals surface area contributed by atoms with Crippen molar-refractivity contribution in [1.82, 2.24) is 0 Å². The van der Waals surface area contributed by atoms with E-state index in [1.165, 1.54) is 24.8 Å². The Hall–Kier alpha value is -0.260. The van der Waals surface area contributed by atoms with Gasteiger partial charge in [-0.2, -0.15) is 0 Å². The van der Waals surface area contributed by atoms with Crippen molar-refractivity contribution >= 4 is 0 Å². The molecule has 0 heteroatoms. The molecule has 0 nitrogen and oxygen atoms in total. The minimum atomic E-state index is 0.414. The molecular weight excluding hydrogens is 144 g/mol. The van der Waals surface area contributed by atoms with Gasteiger partial charge in [-0.15, -0.1) is 0 Å². The average molecular weight is 166 g/mol. The molecule has 0 N–H and O–H groups in total. The number of hydrogen-bond acceptors (Lipinski definition) is 0. The Labute approximate surface area is 77.1 Å². The first-order valence-corrected chi connectivity index (χ1v) is 5.13. The molecule has 0 radical (unpaired) electrons. The topological polar surface area (TPSA) is 0 Å². The summed E-state index contributed by atoms with van der Waals surface area (Å²) in [4.78, 5) is 0. The average Bonchev–Trinajstić information content (AvgIpc) is 1.97. The molecule has 0 aromatic rings. The lowest BCUT2D eigenvalue weighted by molar-refractivity contribution is 0.133. The predicted octanol–water partition coefficient (Wildman–Crippen LogP) is 4.02. The van der Waals surface area contributed by atoms with Crippen LogP contribution in [0.15, 0.2) is 12.2 Å². The van der Waals surface area contributed by atoms with Gasteiger partial charge < -0.3 is 0 Å². The fourth-order valence-corrected chi connectivity index (χ4v) is 2.48. The van der Waals surface area contributed by atoms with Crippen LogP contribution in [0, 0.1) is 17.3 Å². The standard InChI is InChI=1S/C12H22/c1-9(2)12(5)8-10(3)6-7-11(12)4/h10-11H,1,6-8H2,2-5H3. The fourth-order valence-electron chi connectivity index (χ4n) is 2.48. The molecule has 1 aliphatic rings. The van der Waals surface area contributed by atoms with Gasteiger partial charge in [-0.05, 0) is 37.0 Å². The van der Waals surface area contributed by atoms with Gasteiger partial charge in [0.05, 0.1) is 0 Å². The monoisotopic (exact) mass is 166 g/mol. The first kappa shape index (κ1) is 9.83. The lowest BCUT2D eigenvalue weighted by Gasteiger charge is -2.43. The molecule has 0 aromatic carbocycles. The second-order valence-electron chi connectivity index (χ2n) is 4.99. The van der Waals surface area contributed by atoms with E-state index < -0.39 is 0 Å². The summed E-state index contributed by atoms with van der Waals surface area (Å²) in [5.74, 6) is 1.72. The highest BCUT2D eigenvalue weighted by atomic mass is 14.4. The lowest BCUT2D eigenvalue weighted by Crippen LogP contribution is -2.33.